The van der Waals surface area contributed by atoms with E-state index in [1.165, 1.54) is 11.1 Å². The van der Waals surface area contributed by atoms with Crippen molar-refractivity contribution in [3.8, 4) is 0 Å². The molecule has 0 saturated carbocycles. The maximum atomic E-state index is 10.9. The van der Waals surface area contributed by atoms with Gasteiger partial charge in [0.05, 0.1) is 5.92 Å². The van der Waals surface area contributed by atoms with Gasteiger partial charge in [-0.25, -0.2) is 0 Å². The molecule has 0 amide bonds. The van der Waals surface area contributed by atoms with E-state index in [1.54, 1.807) is 0 Å². The zero-order chi connectivity index (χ0) is 14.0. The van der Waals surface area contributed by atoms with Crippen LogP contribution < -0.4 is 0 Å². The number of rotatable bonds is 3. The molecule has 0 bridgehead atoms. The number of hydrogen-bond acceptors (Lipinski definition) is 2. The Balaban J connectivity index is 1.96. The molecule has 0 aliphatic carbocycles. The van der Waals surface area contributed by atoms with E-state index in [0.29, 0.717) is 6.54 Å². The van der Waals surface area contributed by atoms with Crippen LogP contribution in [0.2, 0.25) is 0 Å². The van der Waals surface area contributed by atoms with Gasteiger partial charge in [-0.1, -0.05) is 45.0 Å². The van der Waals surface area contributed by atoms with Crippen LogP contribution in [0.3, 0.4) is 0 Å². The molecule has 1 heterocycles. The number of hydrogen-bond donors (Lipinski definition) is 1. The Bertz CT molecular complexity index is 445. The van der Waals surface area contributed by atoms with Gasteiger partial charge in [0.15, 0.2) is 0 Å². The second-order valence-corrected chi connectivity index (χ2v) is 6.51. The predicted molar refractivity (Wildman–Crippen MR) is 76.2 cm³/mol. The number of likely N-dealkylation sites (tertiary alicyclic amines) is 1. The number of nitrogens with zero attached hydrogens (tertiary/aromatic N) is 1. The molecule has 3 nitrogen and oxygen atoms in total. The Hall–Kier alpha value is -1.35. The van der Waals surface area contributed by atoms with E-state index in [-0.39, 0.29) is 11.3 Å². The van der Waals surface area contributed by atoms with Crippen molar-refractivity contribution in [2.45, 2.75) is 39.2 Å². The van der Waals surface area contributed by atoms with Crippen LogP contribution in [0.15, 0.2) is 24.3 Å². The molecule has 104 valence electrons. The summed E-state index contributed by atoms with van der Waals surface area (Å²) >= 11 is 0. The lowest BCUT2D eigenvalue weighted by Crippen LogP contribution is -2.22. The van der Waals surface area contributed by atoms with Crippen LogP contribution in [0.5, 0.6) is 0 Å². The molecule has 1 unspecified atom stereocenters. The van der Waals surface area contributed by atoms with E-state index in [0.717, 1.165) is 19.5 Å². The Morgan fingerprint density at radius 2 is 1.95 bits per heavy atom. The number of carboxylic acids is 1. The van der Waals surface area contributed by atoms with Gasteiger partial charge in [0, 0.05) is 13.1 Å². The van der Waals surface area contributed by atoms with Gasteiger partial charge in [-0.05, 0) is 29.5 Å². The summed E-state index contributed by atoms with van der Waals surface area (Å²) in [6.07, 6.45) is 0.773. The smallest absolute Gasteiger partial charge is 0.307 e. The second-order valence-electron chi connectivity index (χ2n) is 6.51. The van der Waals surface area contributed by atoms with Gasteiger partial charge < -0.3 is 5.11 Å². The maximum Gasteiger partial charge on any atom is 0.307 e. The Morgan fingerprint density at radius 1 is 1.32 bits per heavy atom. The van der Waals surface area contributed by atoms with E-state index in [2.05, 4.69) is 49.9 Å². The first-order valence-corrected chi connectivity index (χ1v) is 6.91. The highest BCUT2D eigenvalue weighted by Crippen LogP contribution is 2.23. The van der Waals surface area contributed by atoms with Crippen molar-refractivity contribution in [2.24, 2.45) is 5.92 Å². The molecule has 1 saturated heterocycles. The molecule has 0 radical (unpaired) electrons. The standard InChI is InChI=1S/C16H23NO2/c1-16(2,3)14-6-4-12(5-7-14)10-17-9-8-13(11-17)15(18)19/h4-7,13H,8-11H2,1-3H3,(H,18,19). The number of benzene rings is 1. The minimum absolute atomic E-state index is 0.181. The van der Waals surface area contributed by atoms with Gasteiger partial charge in [0.2, 0.25) is 0 Å². The number of carbonyl (C=O) groups is 1. The van der Waals surface area contributed by atoms with Crippen LogP contribution >= 0.6 is 0 Å². The van der Waals surface area contributed by atoms with Crippen LogP contribution in [0, 0.1) is 5.92 Å². The second kappa shape index (κ2) is 5.33. The van der Waals surface area contributed by atoms with Crippen molar-refractivity contribution < 1.29 is 9.90 Å². The lowest BCUT2D eigenvalue weighted by Gasteiger charge is -2.20. The van der Waals surface area contributed by atoms with E-state index in [1.807, 2.05) is 0 Å². The number of carboxylic acid groups (broad SMARTS) is 1. The number of aliphatic carboxylic acids is 1. The molecule has 1 aromatic carbocycles. The van der Waals surface area contributed by atoms with E-state index >= 15 is 0 Å². The highest BCUT2D eigenvalue weighted by atomic mass is 16.4. The van der Waals surface area contributed by atoms with Crippen LogP contribution in [0.25, 0.3) is 0 Å². The third kappa shape index (κ3) is 3.57. The average molecular weight is 261 g/mol. The fraction of sp³-hybridized carbons (Fsp3) is 0.562. The molecule has 19 heavy (non-hydrogen) atoms. The molecule has 0 spiro atoms. The Morgan fingerprint density at radius 3 is 2.42 bits per heavy atom. The molecule has 1 aromatic rings. The van der Waals surface area contributed by atoms with Crippen LogP contribution in [0.4, 0.5) is 0 Å². The average Bonchev–Trinajstić information content (AvgIpc) is 2.77. The van der Waals surface area contributed by atoms with Crippen LogP contribution in [-0.4, -0.2) is 29.1 Å². The highest BCUT2D eigenvalue weighted by Gasteiger charge is 2.27. The van der Waals surface area contributed by atoms with Gasteiger partial charge in [0.25, 0.3) is 0 Å². The van der Waals surface area contributed by atoms with Crippen LogP contribution in [-0.2, 0) is 16.8 Å². The molecular weight excluding hydrogens is 238 g/mol. The quantitative estimate of drug-likeness (QED) is 0.909. The summed E-state index contributed by atoms with van der Waals surface area (Å²) in [5, 5.41) is 9.00. The van der Waals surface area contributed by atoms with E-state index in [9.17, 15) is 4.79 Å². The van der Waals surface area contributed by atoms with Crippen LogP contribution in [0.1, 0.15) is 38.3 Å². The molecule has 3 heteroatoms. The van der Waals surface area contributed by atoms with E-state index in [4.69, 9.17) is 5.11 Å². The fourth-order valence-corrected chi connectivity index (χ4v) is 2.55. The van der Waals surface area contributed by atoms with Crippen molar-refractivity contribution in [1.82, 2.24) is 4.90 Å². The van der Waals surface area contributed by atoms with Gasteiger partial charge in [-0.15, -0.1) is 0 Å². The molecule has 2 rings (SSSR count). The van der Waals surface area contributed by atoms with Crippen molar-refractivity contribution >= 4 is 5.97 Å². The van der Waals surface area contributed by atoms with Gasteiger partial charge in [-0.3, -0.25) is 9.69 Å². The van der Waals surface area contributed by atoms with Gasteiger partial charge >= 0.3 is 5.97 Å². The molecule has 1 atom stereocenters. The third-order valence-electron chi connectivity index (χ3n) is 3.85. The van der Waals surface area contributed by atoms with Crippen molar-refractivity contribution in [1.29, 1.82) is 0 Å². The molecule has 1 aliphatic rings. The summed E-state index contributed by atoms with van der Waals surface area (Å²) in [5.74, 6) is -0.848. The molecular formula is C16H23NO2. The lowest BCUT2D eigenvalue weighted by atomic mass is 9.87. The first-order valence-electron chi connectivity index (χ1n) is 6.91. The minimum atomic E-state index is -0.661. The van der Waals surface area contributed by atoms with Crippen molar-refractivity contribution in [3.05, 3.63) is 35.4 Å². The molecule has 1 N–H and O–H groups in total. The van der Waals surface area contributed by atoms with Gasteiger partial charge in [0.1, 0.15) is 0 Å². The normalized spacial score (nSPS) is 20.7. The summed E-state index contributed by atoms with van der Waals surface area (Å²) in [6.45, 7) is 9.04. The fourth-order valence-electron chi connectivity index (χ4n) is 2.55. The lowest BCUT2D eigenvalue weighted by molar-refractivity contribution is -0.141. The first-order chi connectivity index (χ1) is 8.86. The van der Waals surface area contributed by atoms with E-state index < -0.39 is 5.97 Å². The largest absolute Gasteiger partial charge is 0.481 e. The maximum absolute atomic E-state index is 10.9. The zero-order valence-corrected chi connectivity index (χ0v) is 12.0. The highest BCUT2D eigenvalue weighted by molar-refractivity contribution is 5.70. The molecule has 0 aromatic heterocycles. The summed E-state index contributed by atoms with van der Waals surface area (Å²) in [5.41, 5.74) is 2.78. The third-order valence-corrected chi connectivity index (χ3v) is 3.85. The van der Waals surface area contributed by atoms with Crippen molar-refractivity contribution in [2.75, 3.05) is 13.1 Å². The minimum Gasteiger partial charge on any atom is -0.481 e. The monoisotopic (exact) mass is 261 g/mol. The SMILES string of the molecule is CC(C)(C)c1ccc(CN2CCC(C(=O)O)C2)cc1. The summed E-state index contributed by atoms with van der Waals surface area (Å²) in [6, 6.07) is 8.68. The Labute approximate surface area is 115 Å². The Kier molecular flexibility index (Phi) is 3.95. The molecule has 1 aliphatic heterocycles. The molecule has 1 fully saturated rings. The summed E-state index contributed by atoms with van der Waals surface area (Å²) in [7, 11) is 0. The van der Waals surface area contributed by atoms with Crippen molar-refractivity contribution in [3.63, 3.8) is 0 Å². The van der Waals surface area contributed by atoms with Gasteiger partial charge in [-0.2, -0.15) is 0 Å². The topological polar surface area (TPSA) is 40.5 Å². The first kappa shape index (κ1) is 14.1. The summed E-state index contributed by atoms with van der Waals surface area (Å²) < 4.78 is 0. The zero-order valence-electron chi connectivity index (χ0n) is 12.0. The summed E-state index contributed by atoms with van der Waals surface area (Å²) in [4.78, 5) is 13.2. The predicted octanol–water partition coefficient (Wildman–Crippen LogP) is 2.89.